The number of carboxylic acid groups (broad SMARTS) is 1. The molecule has 92 valence electrons. The number of benzene rings is 2. The summed E-state index contributed by atoms with van der Waals surface area (Å²) in [5.41, 5.74) is 1.30. The van der Waals surface area contributed by atoms with Gasteiger partial charge in [0, 0.05) is 14.3 Å². The molecule has 0 spiro atoms. The third-order valence-electron chi connectivity index (χ3n) is 2.39. The van der Waals surface area contributed by atoms with Crippen LogP contribution >= 0.6 is 27.7 Å². The third kappa shape index (κ3) is 3.15. The van der Waals surface area contributed by atoms with E-state index in [1.165, 1.54) is 11.8 Å². The predicted octanol–water partition coefficient (Wildman–Crippen LogP) is 4.61. The van der Waals surface area contributed by atoms with Crippen molar-refractivity contribution >= 4 is 33.7 Å². The number of aromatic carboxylic acids is 1. The Labute approximate surface area is 118 Å². The van der Waals surface area contributed by atoms with Crippen molar-refractivity contribution in [1.82, 2.24) is 0 Å². The van der Waals surface area contributed by atoms with Gasteiger partial charge in [-0.15, -0.1) is 0 Å². The molecule has 0 aliphatic rings. The van der Waals surface area contributed by atoms with E-state index >= 15 is 0 Å². The summed E-state index contributed by atoms with van der Waals surface area (Å²) in [5.74, 6) is -0.892. The lowest BCUT2D eigenvalue weighted by molar-refractivity contribution is 0.0693. The van der Waals surface area contributed by atoms with Crippen molar-refractivity contribution in [2.75, 3.05) is 0 Å². The van der Waals surface area contributed by atoms with Crippen molar-refractivity contribution in [2.24, 2.45) is 0 Å². The maximum absolute atomic E-state index is 11.2. The molecule has 4 heteroatoms. The van der Waals surface area contributed by atoms with E-state index in [0.717, 1.165) is 19.8 Å². The average Bonchev–Trinajstić information content (AvgIpc) is 2.31. The molecule has 0 saturated carbocycles. The highest BCUT2D eigenvalue weighted by Crippen LogP contribution is 2.32. The van der Waals surface area contributed by atoms with Gasteiger partial charge in [-0.3, -0.25) is 0 Å². The predicted molar refractivity (Wildman–Crippen MR) is 76.4 cm³/mol. The molecule has 0 unspecified atom stereocenters. The second-order valence-corrected chi connectivity index (χ2v) is 5.90. The second kappa shape index (κ2) is 5.59. The van der Waals surface area contributed by atoms with E-state index < -0.39 is 5.97 Å². The summed E-state index contributed by atoms with van der Waals surface area (Å²) < 4.78 is 0.983. The lowest BCUT2D eigenvalue weighted by Gasteiger charge is -2.07. The zero-order valence-corrected chi connectivity index (χ0v) is 12.1. The van der Waals surface area contributed by atoms with Gasteiger partial charge in [-0.1, -0.05) is 45.4 Å². The Morgan fingerprint density at radius 1 is 1.22 bits per heavy atom. The standard InChI is InChI=1S/C14H11BrO2S/c1-9-5-6-13(12(7-9)14(16)17)18-11-4-2-3-10(15)8-11/h2-8H,1H3,(H,16,17). The minimum absolute atomic E-state index is 0.347. The molecule has 2 rings (SSSR count). The second-order valence-electron chi connectivity index (χ2n) is 3.86. The first-order valence-corrected chi connectivity index (χ1v) is 6.94. The molecule has 2 aromatic rings. The molecule has 0 atom stereocenters. The fourth-order valence-electron chi connectivity index (χ4n) is 1.56. The molecule has 0 aromatic heterocycles. The summed E-state index contributed by atoms with van der Waals surface area (Å²) in [6.07, 6.45) is 0. The molecule has 0 aliphatic carbocycles. The van der Waals surface area contributed by atoms with Gasteiger partial charge in [-0.05, 0) is 37.3 Å². The summed E-state index contributed by atoms with van der Waals surface area (Å²) in [4.78, 5) is 13.0. The van der Waals surface area contributed by atoms with Gasteiger partial charge in [-0.2, -0.15) is 0 Å². The molecule has 0 heterocycles. The van der Waals surface area contributed by atoms with E-state index in [1.807, 2.05) is 43.3 Å². The van der Waals surface area contributed by atoms with Crippen LogP contribution in [0.5, 0.6) is 0 Å². The van der Waals surface area contributed by atoms with Gasteiger partial charge in [-0.25, -0.2) is 4.79 Å². The SMILES string of the molecule is Cc1ccc(Sc2cccc(Br)c2)c(C(=O)O)c1. The first kappa shape index (κ1) is 13.2. The summed E-state index contributed by atoms with van der Waals surface area (Å²) in [6, 6.07) is 13.3. The Morgan fingerprint density at radius 3 is 2.67 bits per heavy atom. The Kier molecular flexibility index (Phi) is 4.09. The number of hydrogen-bond acceptors (Lipinski definition) is 2. The number of carbonyl (C=O) groups is 1. The number of hydrogen-bond donors (Lipinski definition) is 1. The number of halogens is 1. The third-order valence-corrected chi connectivity index (χ3v) is 3.95. The molecule has 0 saturated heterocycles. The van der Waals surface area contributed by atoms with Crippen molar-refractivity contribution in [3.8, 4) is 0 Å². The molecule has 0 bridgehead atoms. The molecular formula is C14H11BrO2S. The van der Waals surface area contributed by atoms with Gasteiger partial charge in [0.05, 0.1) is 5.56 Å². The Balaban J connectivity index is 2.37. The fraction of sp³-hybridized carbons (Fsp3) is 0.0714. The lowest BCUT2D eigenvalue weighted by Crippen LogP contribution is -1.99. The van der Waals surface area contributed by atoms with Crippen LogP contribution in [0.2, 0.25) is 0 Å². The van der Waals surface area contributed by atoms with Crippen LogP contribution in [0, 0.1) is 6.92 Å². The summed E-state index contributed by atoms with van der Waals surface area (Å²) in [7, 11) is 0. The van der Waals surface area contributed by atoms with Crippen LogP contribution in [-0.2, 0) is 0 Å². The highest BCUT2D eigenvalue weighted by atomic mass is 79.9. The molecule has 2 nitrogen and oxygen atoms in total. The maximum atomic E-state index is 11.2. The molecule has 1 N–H and O–H groups in total. The van der Waals surface area contributed by atoms with Gasteiger partial charge in [0.2, 0.25) is 0 Å². The van der Waals surface area contributed by atoms with E-state index in [2.05, 4.69) is 15.9 Å². The van der Waals surface area contributed by atoms with Gasteiger partial charge in [0.15, 0.2) is 0 Å². The van der Waals surface area contributed by atoms with Gasteiger partial charge in [0.25, 0.3) is 0 Å². The fourth-order valence-corrected chi connectivity index (χ4v) is 3.09. The number of rotatable bonds is 3. The van der Waals surface area contributed by atoms with Crippen LogP contribution in [0.1, 0.15) is 15.9 Å². The first-order chi connectivity index (χ1) is 8.56. The van der Waals surface area contributed by atoms with Crippen LogP contribution in [0.4, 0.5) is 0 Å². The summed E-state index contributed by atoms with van der Waals surface area (Å²) >= 11 is 4.86. The van der Waals surface area contributed by atoms with E-state index in [1.54, 1.807) is 6.07 Å². The van der Waals surface area contributed by atoms with Crippen LogP contribution < -0.4 is 0 Å². The molecule has 0 radical (unpaired) electrons. The Morgan fingerprint density at radius 2 is 2.00 bits per heavy atom. The molecule has 2 aromatic carbocycles. The molecule has 0 amide bonds. The minimum Gasteiger partial charge on any atom is -0.478 e. The Bertz CT molecular complexity index is 596. The lowest BCUT2D eigenvalue weighted by atomic mass is 10.1. The Hall–Kier alpha value is -1.26. The highest BCUT2D eigenvalue weighted by molar-refractivity contribution is 9.10. The summed E-state index contributed by atoms with van der Waals surface area (Å²) in [5, 5.41) is 9.20. The number of carboxylic acids is 1. The van der Waals surface area contributed by atoms with Crippen molar-refractivity contribution in [3.05, 3.63) is 58.1 Å². The molecular weight excluding hydrogens is 312 g/mol. The zero-order chi connectivity index (χ0) is 13.1. The van der Waals surface area contributed by atoms with Crippen molar-refractivity contribution in [1.29, 1.82) is 0 Å². The van der Waals surface area contributed by atoms with Crippen LogP contribution in [0.25, 0.3) is 0 Å². The van der Waals surface area contributed by atoms with E-state index in [4.69, 9.17) is 0 Å². The minimum atomic E-state index is -0.892. The van der Waals surface area contributed by atoms with Crippen molar-refractivity contribution in [3.63, 3.8) is 0 Å². The molecule has 18 heavy (non-hydrogen) atoms. The van der Waals surface area contributed by atoms with Crippen molar-refractivity contribution in [2.45, 2.75) is 16.7 Å². The normalized spacial score (nSPS) is 10.3. The molecule has 0 fully saturated rings. The van der Waals surface area contributed by atoms with Gasteiger partial charge >= 0.3 is 5.97 Å². The van der Waals surface area contributed by atoms with Gasteiger partial charge in [0.1, 0.15) is 0 Å². The highest BCUT2D eigenvalue weighted by Gasteiger charge is 2.11. The van der Waals surface area contributed by atoms with Gasteiger partial charge < -0.3 is 5.11 Å². The van der Waals surface area contributed by atoms with E-state index in [0.29, 0.717) is 5.56 Å². The summed E-state index contributed by atoms with van der Waals surface area (Å²) in [6.45, 7) is 1.89. The van der Waals surface area contributed by atoms with Crippen LogP contribution in [-0.4, -0.2) is 11.1 Å². The smallest absolute Gasteiger partial charge is 0.336 e. The number of aryl methyl sites for hydroxylation is 1. The first-order valence-electron chi connectivity index (χ1n) is 5.33. The monoisotopic (exact) mass is 322 g/mol. The molecule has 0 aliphatic heterocycles. The topological polar surface area (TPSA) is 37.3 Å². The van der Waals surface area contributed by atoms with E-state index in [9.17, 15) is 9.90 Å². The van der Waals surface area contributed by atoms with Crippen LogP contribution in [0.3, 0.4) is 0 Å². The zero-order valence-electron chi connectivity index (χ0n) is 9.68. The average molecular weight is 323 g/mol. The van der Waals surface area contributed by atoms with Crippen LogP contribution in [0.15, 0.2) is 56.7 Å². The van der Waals surface area contributed by atoms with E-state index in [-0.39, 0.29) is 0 Å². The largest absolute Gasteiger partial charge is 0.478 e. The maximum Gasteiger partial charge on any atom is 0.336 e. The quantitative estimate of drug-likeness (QED) is 0.896. The van der Waals surface area contributed by atoms with Crippen molar-refractivity contribution < 1.29 is 9.90 Å².